The molecule has 5 heteroatoms. The van der Waals surface area contributed by atoms with Gasteiger partial charge in [0.25, 0.3) is 5.91 Å². The molecule has 0 saturated carbocycles. The molecule has 0 fully saturated rings. The van der Waals surface area contributed by atoms with E-state index in [1.165, 1.54) is 18.0 Å². The summed E-state index contributed by atoms with van der Waals surface area (Å²) in [6.45, 7) is 8.60. The fourth-order valence-electron chi connectivity index (χ4n) is 1.84. The van der Waals surface area contributed by atoms with Crippen LogP contribution in [0.4, 0.5) is 5.95 Å². The molecule has 0 unspecified atom stereocenters. The van der Waals surface area contributed by atoms with Crippen LogP contribution < -0.4 is 10.6 Å². The Labute approximate surface area is 131 Å². The van der Waals surface area contributed by atoms with Crippen LogP contribution in [0.15, 0.2) is 36.7 Å². The van der Waals surface area contributed by atoms with E-state index in [-0.39, 0.29) is 11.4 Å². The first-order chi connectivity index (χ1) is 10.3. The van der Waals surface area contributed by atoms with Crippen molar-refractivity contribution in [2.75, 3.05) is 5.32 Å². The second-order valence-electron chi connectivity index (χ2n) is 6.34. The maximum Gasteiger partial charge on any atom is 0.254 e. The van der Waals surface area contributed by atoms with Crippen LogP contribution in [-0.4, -0.2) is 21.4 Å². The van der Waals surface area contributed by atoms with Crippen molar-refractivity contribution in [2.24, 2.45) is 0 Å². The minimum absolute atomic E-state index is 0.116. The lowest BCUT2D eigenvalue weighted by molar-refractivity contribution is 0.0950. The Kier molecular flexibility index (Phi) is 4.75. The maximum atomic E-state index is 12.1. The molecule has 5 nitrogen and oxygen atoms in total. The normalized spacial score (nSPS) is 11.1. The predicted molar refractivity (Wildman–Crippen MR) is 87.8 cm³/mol. The second kappa shape index (κ2) is 6.56. The number of hydrogen-bond acceptors (Lipinski definition) is 4. The van der Waals surface area contributed by atoms with Crippen molar-refractivity contribution >= 4 is 11.9 Å². The first-order valence-corrected chi connectivity index (χ1v) is 7.27. The van der Waals surface area contributed by atoms with E-state index in [1.54, 1.807) is 0 Å². The fourth-order valence-corrected chi connectivity index (χ4v) is 1.84. The zero-order valence-electron chi connectivity index (χ0n) is 13.5. The number of carbonyl (C=O) groups excluding carboxylic acids is 1. The summed E-state index contributed by atoms with van der Waals surface area (Å²) in [4.78, 5) is 20.4. The molecule has 1 amide bonds. The molecule has 22 heavy (non-hydrogen) atoms. The van der Waals surface area contributed by atoms with Crippen molar-refractivity contribution < 1.29 is 4.79 Å². The lowest BCUT2D eigenvalue weighted by atomic mass is 10.1. The standard InChI is InChI=1S/C17H22N4O/c1-12-5-7-13(8-6-12)9-18-15(22)14-10-19-16(20-11-14)21-17(2,3)4/h5-8,10-11H,9H2,1-4H3,(H,18,22)(H,19,20,21). The second-order valence-corrected chi connectivity index (χ2v) is 6.34. The third-order valence-corrected chi connectivity index (χ3v) is 2.97. The van der Waals surface area contributed by atoms with Crippen LogP contribution in [0.2, 0.25) is 0 Å². The molecule has 0 bridgehead atoms. The van der Waals surface area contributed by atoms with E-state index in [9.17, 15) is 4.79 Å². The van der Waals surface area contributed by atoms with Gasteiger partial charge in [-0.3, -0.25) is 4.79 Å². The van der Waals surface area contributed by atoms with Crippen LogP contribution in [-0.2, 0) is 6.54 Å². The first kappa shape index (κ1) is 15.9. The molecular formula is C17H22N4O. The summed E-state index contributed by atoms with van der Waals surface area (Å²) in [7, 11) is 0. The van der Waals surface area contributed by atoms with Crippen LogP contribution in [0.25, 0.3) is 0 Å². The molecule has 0 atom stereocenters. The number of carbonyl (C=O) groups is 1. The Morgan fingerprint density at radius 3 is 2.23 bits per heavy atom. The highest BCUT2D eigenvalue weighted by Crippen LogP contribution is 2.09. The number of rotatable bonds is 4. The minimum Gasteiger partial charge on any atom is -0.350 e. The van der Waals surface area contributed by atoms with E-state index >= 15 is 0 Å². The zero-order chi connectivity index (χ0) is 16.2. The van der Waals surface area contributed by atoms with Gasteiger partial charge in [0.05, 0.1) is 5.56 Å². The van der Waals surface area contributed by atoms with Crippen LogP contribution >= 0.6 is 0 Å². The third-order valence-electron chi connectivity index (χ3n) is 2.97. The molecule has 0 radical (unpaired) electrons. The fraction of sp³-hybridized carbons (Fsp3) is 0.353. The largest absolute Gasteiger partial charge is 0.350 e. The number of benzene rings is 1. The highest BCUT2D eigenvalue weighted by atomic mass is 16.1. The molecule has 2 rings (SSSR count). The zero-order valence-corrected chi connectivity index (χ0v) is 13.5. The van der Waals surface area contributed by atoms with Gasteiger partial charge < -0.3 is 10.6 Å². The van der Waals surface area contributed by atoms with Gasteiger partial charge in [-0.25, -0.2) is 9.97 Å². The topological polar surface area (TPSA) is 66.9 Å². The average molecular weight is 298 g/mol. The maximum absolute atomic E-state index is 12.1. The van der Waals surface area contributed by atoms with E-state index in [2.05, 4.69) is 20.6 Å². The van der Waals surface area contributed by atoms with Gasteiger partial charge in [0, 0.05) is 24.5 Å². The van der Waals surface area contributed by atoms with Gasteiger partial charge in [-0.2, -0.15) is 0 Å². The molecule has 2 N–H and O–H groups in total. The Morgan fingerprint density at radius 2 is 1.68 bits per heavy atom. The van der Waals surface area contributed by atoms with Crippen LogP contribution in [0.1, 0.15) is 42.3 Å². The molecule has 1 aromatic heterocycles. The predicted octanol–water partition coefficient (Wildman–Crippen LogP) is 2.93. The van der Waals surface area contributed by atoms with Gasteiger partial charge in [0.1, 0.15) is 0 Å². The Balaban J connectivity index is 1.93. The average Bonchev–Trinajstić information content (AvgIpc) is 2.45. The number of aryl methyl sites for hydroxylation is 1. The van der Waals surface area contributed by atoms with Crippen LogP contribution in [0.3, 0.4) is 0 Å². The molecule has 0 spiro atoms. The quantitative estimate of drug-likeness (QED) is 0.910. The third kappa shape index (κ3) is 4.84. The van der Waals surface area contributed by atoms with Gasteiger partial charge in [0.2, 0.25) is 5.95 Å². The lowest BCUT2D eigenvalue weighted by Gasteiger charge is -2.20. The highest BCUT2D eigenvalue weighted by molar-refractivity contribution is 5.93. The summed E-state index contributed by atoms with van der Waals surface area (Å²) in [6, 6.07) is 8.06. The van der Waals surface area contributed by atoms with E-state index in [4.69, 9.17) is 0 Å². The summed E-state index contributed by atoms with van der Waals surface area (Å²) in [5, 5.41) is 6.02. The van der Waals surface area contributed by atoms with E-state index in [1.807, 2.05) is 52.0 Å². The van der Waals surface area contributed by atoms with E-state index in [0.29, 0.717) is 18.1 Å². The molecule has 116 valence electrons. The van der Waals surface area contributed by atoms with Crippen LogP contribution in [0.5, 0.6) is 0 Å². The van der Waals surface area contributed by atoms with Gasteiger partial charge in [-0.05, 0) is 33.3 Å². The molecular weight excluding hydrogens is 276 g/mol. The summed E-state index contributed by atoms with van der Waals surface area (Å²) in [6.07, 6.45) is 3.07. The Morgan fingerprint density at radius 1 is 1.09 bits per heavy atom. The smallest absolute Gasteiger partial charge is 0.254 e. The van der Waals surface area contributed by atoms with Gasteiger partial charge in [0.15, 0.2) is 0 Å². The van der Waals surface area contributed by atoms with Crippen molar-refractivity contribution in [3.8, 4) is 0 Å². The van der Waals surface area contributed by atoms with Crippen molar-refractivity contribution in [1.82, 2.24) is 15.3 Å². The van der Waals surface area contributed by atoms with E-state index < -0.39 is 0 Å². The Hall–Kier alpha value is -2.43. The molecule has 0 aliphatic carbocycles. The molecule has 0 aliphatic rings. The lowest BCUT2D eigenvalue weighted by Crippen LogP contribution is -2.28. The minimum atomic E-state index is -0.178. The number of hydrogen-bond donors (Lipinski definition) is 2. The van der Waals surface area contributed by atoms with Crippen molar-refractivity contribution in [2.45, 2.75) is 39.8 Å². The number of aromatic nitrogens is 2. The molecule has 0 aliphatic heterocycles. The van der Waals surface area contributed by atoms with Gasteiger partial charge in [-0.1, -0.05) is 29.8 Å². The number of nitrogens with one attached hydrogen (secondary N) is 2. The molecule has 2 aromatic rings. The van der Waals surface area contributed by atoms with Gasteiger partial charge in [-0.15, -0.1) is 0 Å². The highest BCUT2D eigenvalue weighted by Gasteiger charge is 2.12. The van der Waals surface area contributed by atoms with E-state index in [0.717, 1.165) is 5.56 Å². The summed E-state index contributed by atoms with van der Waals surface area (Å²) in [5.41, 5.74) is 2.60. The SMILES string of the molecule is Cc1ccc(CNC(=O)c2cnc(NC(C)(C)C)nc2)cc1. The number of anilines is 1. The summed E-state index contributed by atoms with van der Waals surface area (Å²) < 4.78 is 0. The molecule has 0 saturated heterocycles. The summed E-state index contributed by atoms with van der Waals surface area (Å²) >= 11 is 0. The van der Waals surface area contributed by atoms with Gasteiger partial charge >= 0.3 is 0 Å². The first-order valence-electron chi connectivity index (χ1n) is 7.27. The van der Waals surface area contributed by atoms with Crippen molar-refractivity contribution in [3.05, 3.63) is 53.3 Å². The molecule has 1 aromatic carbocycles. The van der Waals surface area contributed by atoms with Crippen molar-refractivity contribution in [1.29, 1.82) is 0 Å². The monoisotopic (exact) mass is 298 g/mol. The number of nitrogens with zero attached hydrogens (tertiary/aromatic N) is 2. The molecule has 1 heterocycles. The summed E-state index contributed by atoms with van der Waals surface area (Å²) in [5.74, 6) is 0.338. The van der Waals surface area contributed by atoms with Crippen LogP contribution in [0, 0.1) is 6.92 Å². The Bertz CT molecular complexity index is 627. The van der Waals surface area contributed by atoms with Crippen molar-refractivity contribution in [3.63, 3.8) is 0 Å². The number of amides is 1.